The third-order valence-electron chi connectivity index (χ3n) is 4.26. The Kier molecular flexibility index (Phi) is 5.73. The van der Waals surface area contributed by atoms with Crippen molar-refractivity contribution in [2.45, 2.75) is 13.0 Å². The zero-order valence-corrected chi connectivity index (χ0v) is 14.1. The van der Waals surface area contributed by atoms with Crippen LogP contribution in [0.4, 0.5) is 8.78 Å². The van der Waals surface area contributed by atoms with Gasteiger partial charge in [0.2, 0.25) is 0 Å². The van der Waals surface area contributed by atoms with E-state index >= 15 is 0 Å². The van der Waals surface area contributed by atoms with Crippen LogP contribution in [0.15, 0.2) is 48.9 Å². The zero-order valence-electron chi connectivity index (χ0n) is 14.1. The summed E-state index contributed by atoms with van der Waals surface area (Å²) < 4.78 is 28.3. The number of nitrogens with zero attached hydrogens (tertiary/aromatic N) is 2. The van der Waals surface area contributed by atoms with Crippen LogP contribution in [-0.2, 0) is 11.2 Å². The van der Waals surface area contributed by atoms with Crippen LogP contribution in [0, 0.1) is 0 Å². The number of likely N-dealkylation sites (N-methyl/N-ethyl adjacent to an activating group) is 1. The summed E-state index contributed by atoms with van der Waals surface area (Å²) in [7, 11) is 1.91. The van der Waals surface area contributed by atoms with Crippen LogP contribution in [0.2, 0.25) is 0 Å². The molecule has 0 atom stereocenters. The lowest BCUT2D eigenvalue weighted by Gasteiger charge is -2.16. The van der Waals surface area contributed by atoms with Crippen molar-refractivity contribution in [2.75, 3.05) is 26.7 Å². The number of fused-ring (bicyclic) bond motifs is 1. The van der Waals surface area contributed by atoms with E-state index < -0.39 is 6.61 Å². The van der Waals surface area contributed by atoms with Gasteiger partial charge in [-0.15, -0.1) is 0 Å². The van der Waals surface area contributed by atoms with Gasteiger partial charge in [0.1, 0.15) is 0 Å². The molecule has 0 spiro atoms. The van der Waals surface area contributed by atoms with Gasteiger partial charge in [0.15, 0.2) is 0 Å². The molecule has 0 bridgehead atoms. The summed E-state index contributed by atoms with van der Waals surface area (Å²) in [6, 6.07) is 10.3. The van der Waals surface area contributed by atoms with Crippen LogP contribution in [0.5, 0.6) is 0 Å². The predicted molar refractivity (Wildman–Crippen MR) is 94.7 cm³/mol. The first-order valence-electron chi connectivity index (χ1n) is 8.22. The van der Waals surface area contributed by atoms with E-state index in [2.05, 4.69) is 32.9 Å². The Labute approximate surface area is 145 Å². The van der Waals surface area contributed by atoms with Crippen LogP contribution in [0.25, 0.3) is 22.0 Å². The number of H-pyrrole nitrogens is 1. The maximum absolute atomic E-state index is 12.0. The minimum atomic E-state index is -2.70. The first-order valence-corrected chi connectivity index (χ1v) is 8.22. The number of halogens is 2. The molecule has 3 rings (SSSR count). The quantitative estimate of drug-likeness (QED) is 0.672. The molecule has 3 aromatic rings. The molecule has 1 N–H and O–H groups in total. The Morgan fingerprint density at radius 2 is 1.92 bits per heavy atom. The number of alkyl halides is 2. The molecular formula is C19H21F2N3O. The molecule has 0 aliphatic carbocycles. The van der Waals surface area contributed by atoms with Gasteiger partial charge in [0.25, 0.3) is 0 Å². The molecule has 4 nitrogen and oxygen atoms in total. The van der Waals surface area contributed by atoms with Crippen molar-refractivity contribution in [1.29, 1.82) is 0 Å². The smallest absolute Gasteiger partial charge is 0.345 e. The lowest BCUT2D eigenvalue weighted by molar-refractivity contribution is -0.131. The van der Waals surface area contributed by atoms with E-state index in [4.69, 9.17) is 0 Å². The SMILES string of the molecule is CN(CCOC(F)F)CCc1c[nH]c2ccc(-c3ccncc3)cc12. The van der Waals surface area contributed by atoms with Gasteiger partial charge in [-0.25, -0.2) is 0 Å². The Morgan fingerprint density at radius 1 is 1.12 bits per heavy atom. The van der Waals surface area contributed by atoms with Gasteiger partial charge in [-0.1, -0.05) is 6.07 Å². The van der Waals surface area contributed by atoms with E-state index in [-0.39, 0.29) is 6.61 Å². The van der Waals surface area contributed by atoms with E-state index in [1.54, 1.807) is 12.4 Å². The zero-order chi connectivity index (χ0) is 17.6. The molecule has 0 radical (unpaired) electrons. The number of hydrogen-bond donors (Lipinski definition) is 1. The van der Waals surface area contributed by atoms with Crippen molar-refractivity contribution in [1.82, 2.24) is 14.9 Å². The Bertz CT molecular complexity index is 805. The topological polar surface area (TPSA) is 41.1 Å². The number of nitrogens with one attached hydrogen (secondary N) is 1. The summed E-state index contributed by atoms with van der Waals surface area (Å²) in [4.78, 5) is 9.34. The Balaban J connectivity index is 1.68. The summed E-state index contributed by atoms with van der Waals surface area (Å²) in [5, 5.41) is 1.19. The molecule has 132 valence electrons. The third-order valence-corrected chi connectivity index (χ3v) is 4.26. The average molecular weight is 345 g/mol. The summed E-state index contributed by atoms with van der Waals surface area (Å²) in [6.45, 7) is -1.41. The Morgan fingerprint density at radius 3 is 2.68 bits per heavy atom. The van der Waals surface area contributed by atoms with E-state index in [9.17, 15) is 8.78 Å². The van der Waals surface area contributed by atoms with Gasteiger partial charge in [-0.2, -0.15) is 8.78 Å². The first kappa shape index (κ1) is 17.5. The van der Waals surface area contributed by atoms with Crippen molar-refractivity contribution < 1.29 is 13.5 Å². The fraction of sp³-hybridized carbons (Fsp3) is 0.316. The molecule has 1 aromatic carbocycles. The van der Waals surface area contributed by atoms with Crippen LogP contribution in [-0.4, -0.2) is 48.2 Å². The van der Waals surface area contributed by atoms with Gasteiger partial charge in [0.05, 0.1) is 6.61 Å². The minimum absolute atomic E-state index is 0.0360. The Hall–Kier alpha value is -2.31. The number of benzene rings is 1. The molecule has 0 unspecified atom stereocenters. The minimum Gasteiger partial charge on any atom is -0.361 e. The molecule has 25 heavy (non-hydrogen) atoms. The van der Waals surface area contributed by atoms with Gasteiger partial charge in [0, 0.05) is 42.6 Å². The molecule has 0 aliphatic rings. The average Bonchev–Trinajstić information content (AvgIpc) is 3.02. The summed E-state index contributed by atoms with van der Waals surface area (Å²) in [5.41, 5.74) is 4.59. The van der Waals surface area contributed by atoms with Crippen LogP contribution in [0.3, 0.4) is 0 Å². The molecule has 0 saturated carbocycles. The molecule has 0 fully saturated rings. The molecule has 0 saturated heterocycles. The highest BCUT2D eigenvalue weighted by Crippen LogP contribution is 2.26. The van der Waals surface area contributed by atoms with E-state index in [0.29, 0.717) is 6.54 Å². The number of hydrogen-bond acceptors (Lipinski definition) is 3. The number of pyridine rings is 1. The highest BCUT2D eigenvalue weighted by atomic mass is 19.3. The lowest BCUT2D eigenvalue weighted by atomic mass is 10.0. The second-order valence-electron chi connectivity index (χ2n) is 5.99. The summed E-state index contributed by atoms with van der Waals surface area (Å²) in [6.07, 6.45) is 6.43. The highest BCUT2D eigenvalue weighted by molar-refractivity contribution is 5.88. The molecule has 6 heteroatoms. The molecular weight excluding hydrogens is 324 g/mol. The number of ether oxygens (including phenoxy) is 1. The second-order valence-corrected chi connectivity index (χ2v) is 5.99. The first-order chi connectivity index (χ1) is 12.1. The van der Waals surface area contributed by atoms with Crippen LogP contribution < -0.4 is 0 Å². The molecule has 0 aliphatic heterocycles. The number of rotatable bonds is 8. The van der Waals surface area contributed by atoms with Gasteiger partial charge < -0.3 is 14.6 Å². The van der Waals surface area contributed by atoms with Gasteiger partial charge in [-0.3, -0.25) is 4.98 Å². The second kappa shape index (κ2) is 8.18. The van der Waals surface area contributed by atoms with Crippen LogP contribution in [0.1, 0.15) is 5.56 Å². The van der Waals surface area contributed by atoms with Crippen molar-refractivity contribution in [3.63, 3.8) is 0 Å². The maximum Gasteiger partial charge on any atom is 0.345 e. The third kappa shape index (κ3) is 4.61. The number of aromatic nitrogens is 2. The fourth-order valence-electron chi connectivity index (χ4n) is 2.83. The van der Waals surface area contributed by atoms with Crippen molar-refractivity contribution in [2.24, 2.45) is 0 Å². The lowest BCUT2D eigenvalue weighted by Crippen LogP contribution is -2.26. The van der Waals surface area contributed by atoms with Crippen LogP contribution >= 0.6 is 0 Å². The molecule has 0 amide bonds. The van der Waals surface area contributed by atoms with Gasteiger partial charge in [-0.05, 0) is 54.4 Å². The fourth-order valence-corrected chi connectivity index (χ4v) is 2.83. The molecule has 2 aromatic heterocycles. The van der Waals surface area contributed by atoms with E-state index in [1.165, 1.54) is 10.9 Å². The molecule has 2 heterocycles. The number of aromatic amines is 1. The normalized spacial score (nSPS) is 11.7. The summed E-state index contributed by atoms with van der Waals surface area (Å²) in [5.74, 6) is 0. The van der Waals surface area contributed by atoms with E-state index in [0.717, 1.165) is 29.6 Å². The van der Waals surface area contributed by atoms with Crippen molar-refractivity contribution in [3.8, 4) is 11.1 Å². The monoisotopic (exact) mass is 345 g/mol. The van der Waals surface area contributed by atoms with Crippen molar-refractivity contribution in [3.05, 3.63) is 54.5 Å². The maximum atomic E-state index is 12.0. The van der Waals surface area contributed by atoms with E-state index in [1.807, 2.05) is 30.3 Å². The largest absolute Gasteiger partial charge is 0.361 e. The predicted octanol–water partition coefficient (Wildman–Crippen LogP) is 3.94. The standard InChI is InChI=1S/C19H21F2N3O/c1-24(10-11-25-19(20)21)9-6-16-13-23-18-3-2-15(12-17(16)18)14-4-7-22-8-5-14/h2-5,7-8,12-13,19,23H,6,9-11H2,1H3. The summed E-state index contributed by atoms with van der Waals surface area (Å²) >= 11 is 0. The highest BCUT2D eigenvalue weighted by Gasteiger charge is 2.08. The van der Waals surface area contributed by atoms with Crippen molar-refractivity contribution >= 4 is 10.9 Å². The van der Waals surface area contributed by atoms with Gasteiger partial charge >= 0.3 is 6.61 Å².